The minimum atomic E-state index is -0.423. The first-order valence-corrected chi connectivity index (χ1v) is 12.2. The van der Waals surface area contributed by atoms with Gasteiger partial charge in [0, 0.05) is 34.7 Å². The average molecular weight is 457 g/mol. The predicted molar refractivity (Wildman–Crippen MR) is 134 cm³/mol. The molecular formula is C28H32N4O2. The number of aromatic nitrogens is 2. The van der Waals surface area contributed by atoms with Gasteiger partial charge in [-0.1, -0.05) is 30.3 Å². The van der Waals surface area contributed by atoms with Gasteiger partial charge in [-0.3, -0.25) is 9.69 Å². The van der Waals surface area contributed by atoms with Crippen molar-refractivity contribution < 1.29 is 9.53 Å². The van der Waals surface area contributed by atoms with Crippen LogP contribution in [0.3, 0.4) is 0 Å². The number of amides is 1. The van der Waals surface area contributed by atoms with Crippen LogP contribution in [-0.2, 0) is 10.2 Å². The van der Waals surface area contributed by atoms with Crippen molar-refractivity contribution in [2.24, 2.45) is 0 Å². The molecule has 6 nitrogen and oxygen atoms in total. The quantitative estimate of drug-likeness (QED) is 0.522. The smallest absolute Gasteiger partial charge is 0.235 e. The van der Waals surface area contributed by atoms with E-state index in [0.717, 1.165) is 72.0 Å². The summed E-state index contributed by atoms with van der Waals surface area (Å²) in [6.45, 7) is 7.81. The number of nitrogens with one attached hydrogen (secondary N) is 1. The molecule has 2 heterocycles. The molecule has 5 rings (SSSR count). The summed E-state index contributed by atoms with van der Waals surface area (Å²) in [6.07, 6.45) is 5.87. The van der Waals surface area contributed by atoms with Crippen LogP contribution in [0.25, 0.3) is 11.1 Å². The Hall–Kier alpha value is -3.25. The number of carbonyl (C=O) groups is 1. The van der Waals surface area contributed by atoms with E-state index in [9.17, 15) is 4.79 Å². The van der Waals surface area contributed by atoms with Gasteiger partial charge < -0.3 is 10.1 Å². The molecule has 3 aromatic rings. The van der Waals surface area contributed by atoms with E-state index in [1.807, 2.05) is 62.4 Å². The van der Waals surface area contributed by atoms with Crippen LogP contribution in [-0.4, -0.2) is 47.0 Å². The summed E-state index contributed by atoms with van der Waals surface area (Å²) in [4.78, 5) is 24.6. The fourth-order valence-corrected chi connectivity index (χ4v) is 4.98. The molecule has 1 N–H and O–H groups in total. The first-order valence-electron chi connectivity index (χ1n) is 12.2. The zero-order valence-electron chi connectivity index (χ0n) is 20.0. The largest absolute Gasteiger partial charge is 0.492 e. The Morgan fingerprint density at radius 3 is 2.41 bits per heavy atom. The molecule has 1 aromatic heterocycles. The van der Waals surface area contributed by atoms with Gasteiger partial charge in [0.2, 0.25) is 5.91 Å². The molecule has 176 valence electrons. The molecule has 0 bridgehead atoms. The van der Waals surface area contributed by atoms with Gasteiger partial charge in [-0.05, 0) is 76.4 Å². The zero-order chi connectivity index (χ0) is 23.5. The summed E-state index contributed by atoms with van der Waals surface area (Å²) in [5.74, 6) is 0.840. The molecule has 1 aliphatic heterocycles. The van der Waals surface area contributed by atoms with Crippen LogP contribution < -0.4 is 10.1 Å². The fraction of sp³-hybridized carbons (Fsp3) is 0.393. The van der Waals surface area contributed by atoms with Crippen molar-refractivity contribution >= 4 is 11.6 Å². The first kappa shape index (κ1) is 22.5. The van der Waals surface area contributed by atoms with Gasteiger partial charge in [-0.25, -0.2) is 9.97 Å². The topological polar surface area (TPSA) is 67.3 Å². The van der Waals surface area contributed by atoms with Crippen LogP contribution in [0.5, 0.6) is 5.75 Å². The van der Waals surface area contributed by atoms with Crippen LogP contribution >= 0.6 is 0 Å². The molecule has 34 heavy (non-hydrogen) atoms. The van der Waals surface area contributed by atoms with Crippen molar-refractivity contribution in [2.75, 3.05) is 31.6 Å². The second kappa shape index (κ2) is 9.55. The van der Waals surface area contributed by atoms with Crippen molar-refractivity contribution in [3.8, 4) is 16.9 Å². The Kier molecular flexibility index (Phi) is 6.33. The van der Waals surface area contributed by atoms with Crippen molar-refractivity contribution in [1.82, 2.24) is 14.9 Å². The molecule has 2 aromatic carbocycles. The third kappa shape index (κ3) is 4.55. The standard InChI is InChI=1S/C28H32N4O2/c1-20-26(21(2)30-19-29-20)24-18-23(10-11-25(24)34-17-16-32-14-6-7-15-32)31-27(33)28(12-13-28)22-8-4-3-5-9-22/h3-5,8-11,18-19H,6-7,12-17H2,1-2H3,(H,31,33). The van der Waals surface area contributed by atoms with E-state index in [4.69, 9.17) is 4.74 Å². The fourth-order valence-electron chi connectivity index (χ4n) is 4.98. The van der Waals surface area contributed by atoms with Gasteiger partial charge in [0.25, 0.3) is 0 Å². The van der Waals surface area contributed by atoms with Crippen LogP contribution in [0.4, 0.5) is 5.69 Å². The minimum Gasteiger partial charge on any atom is -0.492 e. The second-order valence-corrected chi connectivity index (χ2v) is 9.43. The highest BCUT2D eigenvalue weighted by Crippen LogP contribution is 2.49. The van der Waals surface area contributed by atoms with E-state index in [0.29, 0.717) is 6.61 Å². The van der Waals surface area contributed by atoms with Gasteiger partial charge >= 0.3 is 0 Å². The normalized spacial score (nSPS) is 16.9. The highest BCUT2D eigenvalue weighted by molar-refractivity contribution is 6.02. The van der Waals surface area contributed by atoms with E-state index < -0.39 is 5.41 Å². The lowest BCUT2D eigenvalue weighted by molar-refractivity contribution is -0.118. The molecule has 2 aliphatic rings. The summed E-state index contributed by atoms with van der Waals surface area (Å²) in [7, 11) is 0. The lowest BCUT2D eigenvalue weighted by atomic mass is 9.94. The summed E-state index contributed by atoms with van der Waals surface area (Å²) >= 11 is 0. The monoisotopic (exact) mass is 456 g/mol. The van der Waals surface area contributed by atoms with E-state index >= 15 is 0 Å². The molecule has 0 radical (unpaired) electrons. The third-order valence-corrected chi connectivity index (χ3v) is 7.11. The Balaban J connectivity index is 1.41. The maximum absolute atomic E-state index is 13.3. The lowest BCUT2D eigenvalue weighted by Gasteiger charge is -2.20. The van der Waals surface area contributed by atoms with Gasteiger partial charge in [-0.15, -0.1) is 0 Å². The molecule has 0 unspecified atom stereocenters. The molecule has 6 heteroatoms. The van der Waals surface area contributed by atoms with E-state index in [1.165, 1.54) is 12.8 Å². The van der Waals surface area contributed by atoms with E-state index in [1.54, 1.807) is 6.33 Å². The number of benzene rings is 2. The van der Waals surface area contributed by atoms with Crippen LogP contribution in [0.2, 0.25) is 0 Å². The highest BCUT2D eigenvalue weighted by Gasteiger charge is 2.51. The molecule has 1 saturated heterocycles. The number of anilines is 1. The average Bonchev–Trinajstić information content (AvgIpc) is 3.50. The number of aryl methyl sites for hydroxylation is 2. The number of rotatable bonds is 8. The number of hydrogen-bond acceptors (Lipinski definition) is 5. The molecule has 0 atom stereocenters. The van der Waals surface area contributed by atoms with Crippen molar-refractivity contribution in [2.45, 2.75) is 44.9 Å². The summed E-state index contributed by atoms with van der Waals surface area (Å²) in [5, 5.41) is 3.18. The summed E-state index contributed by atoms with van der Waals surface area (Å²) in [5.41, 5.74) is 5.08. The van der Waals surface area contributed by atoms with Gasteiger partial charge in [-0.2, -0.15) is 0 Å². The number of likely N-dealkylation sites (tertiary alicyclic amines) is 1. The van der Waals surface area contributed by atoms with Crippen LogP contribution in [0.15, 0.2) is 54.9 Å². The molecule has 2 fully saturated rings. The predicted octanol–water partition coefficient (Wildman–Crippen LogP) is 4.91. The number of ether oxygens (including phenoxy) is 1. The number of hydrogen-bond donors (Lipinski definition) is 1. The summed E-state index contributed by atoms with van der Waals surface area (Å²) in [6, 6.07) is 16.0. The molecular weight excluding hydrogens is 424 g/mol. The van der Waals surface area contributed by atoms with Crippen molar-refractivity contribution in [3.05, 3.63) is 71.8 Å². The van der Waals surface area contributed by atoms with Crippen molar-refractivity contribution in [1.29, 1.82) is 0 Å². The molecule has 1 aliphatic carbocycles. The SMILES string of the molecule is Cc1ncnc(C)c1-c1cc(NC(=O)C2(c3ccccc3)CC2)ccc1OCCN1CCCC1. The molecule has 1 saturated carbocycles. The summed E-state index contributed by atoms with van der Waals surface area (Å²) < 4.78 is 6.26. The van der Waals surface area contributed by atoms with Crippen molar-refractivity contribution in [3.63, 3.8) is 0 Å². The van der Waals surface area contributed by atoms with Crippen LogP contribution in [0.1, 0.15) is 42.6 Å². The molecule has 0 spiro atoms. The Labute approximate surface area is 201 Å². The Morgan fingerprint density at radius 2 is 1.74 bits per heavy atom. The van der Waals surface area contributed by atoms with Gasteiger partial charge in [0.15, 0.2) is 0 Å². The highest BCUT2D eigenvalue weighted by atomic mass is 16.5. The lowest BCUT2D eigenvalue weighted by Crippen LogP contribution is -2.27. The van der Waals surface area contributed by atoms with Gasteiger partial charge in [0.05, 0.1) is 5.41 Å². The Morgan fingerprint density at radius 1 is 1.03 bits per heavy atom. The first-order chi connectivity index (χ1) is 16.6. The number of nitrogens with zero attached hydrogens (tertiary/aromatic N) is 3. The minimum absolute atomic E-state index is 0.0464. The second-order valence-electron chi connectivity index (χ2n) is 9.43. The Bertz CT molecular complexity index is 1150. The molecule has 1 amide bonds. The van der Waals surface area contributed by atoms with Crippen LogP contribution in [0, 0.1) is 13.8 Å². The van der Waals surface area contributed by atoms with E-state index in [-0.39, 0.29) is 5.91 Å². The maximum atomic E-state index is 13.3. The van der Waals surface area contributed by atoms with E-state index in [2.05, 4.69) is 20.2 Å². The van der Waals surface area contributed by atoms with Gasteiger partial charge in [0.1, 0.15) is 18.7 Å². The number of carbonyl (C=O) groups excluding carboxylic acids is 1. The maximum Gasteiger partial charge on any atom is 0.235 e. The zero-order valence-corrected chi connectivity index (χ0v) is 20.0. The third-order valence-electron chi connectivity index (χ3n) is 7.11.